The molecule has 0 fully saturated rings. The first-order valence-electron chi connectivity index (χ1n) is 7.73. The highest BCUT2D eigenvalue weighted by atomic mass is 16.4. The number of aliphatic hydroxyl groups is 1. The van der Waals surface area contributed by atoms with Crippen molar-refractivity contribution in [3.8, 4) is 0 Å². The van der Waals surface area contributed by atoms with Gasteiger partial charge in [0.25, 0.3) is 0 Å². The van der Waals surface area contributed by atoms with Gasteiger partial charge in [0.2, 0.25) is 5.91 Å². The number of aliphatic hydroxyl groups excluding tert-OH is 1. The Kier molecular flexibility index (Phi) is 11.1. The summed E-state index contributed by atoms with van der Waals surface area (Å²) in [6, 6.07) is -1.20. The first-order valence-corrected chi connectivity index (χ1v) is 7.73. The van der Waals surface area contributed by atoms with Crippen LogP contribution in [-0.2, 0) is 9.59 Å². The maximum Gasteiger partial charge on any atom is 0.328 e. The fourth-order valence-electron chi connectivity index (χ4n) is 2.05. The summed E-state index contributed by atoms with van der Waals surface area (Å²) in [6.45, 7) is 3.86. The van der Waals surface area contributed by atoms with E-state index in [1.807, 2.05) is 0 Å². The summed E-state index contributed by atoms with van der Waals surface area (Å²) >= 11 is 0. The van der Waals surface area contributed by atoms with Gasteiger partial charge in [0.15, 0.2) is 6.04 Å². The van der Waals surface area contributed by atoms with E-state index in [9.17, 15) is 14.7 Å². The second kappa shape index (κ2) is 11.7. The van der Waals surface area contributed by atoms with Crippen LogP contribution in [0.3, 0.4) is 0 Å². The minimum Gasteiger partial charge on any atom is -0.480 e. The quantitative estimate of drug-likeness (QED) is 0.481. The number of hydrogen-bond donors (Lipinski definition) is 3. The Morgan fingerprint density at radius 3 is 2.05 bits per heavy atom. The molecule has 0 radical (unpaired) electrons. The van der Waals surface area contributed by atoms with E-state index < -0.39 is 18.1 Å². The Bertz CT molecular complexity index is 281. The fourth-order valence-corrected chi connectivity index (χ4v) is 2.05. The van der Waals surface area contributed by atoms with Crippen LogP contribution < -0.4 is 5.32 Å². The van der Waals surface area contributed by atoms with Crippen molar-refractivity contribution in [3.05, 3.63) is 0 Å². The molecule has 5 nitrogen and oxygen atoms in total. The molecule has 0 aliphatic rings. The van der Waals surface area contributed by atoms with E-state index in [4.69, 9.17) is 5.11 Å². The lowest BCUT2D eigenvalue weighted by atomic mass is 10.1. The fraction of sp³-hybridized carbons (Fsp3) is 0.867. The van der Waals surface area contributed by atoms with E-state index in [1.54, 1.807) is 6.92 Å². The van der Waals surface area contributed by atoms with Crippen LogP contribution in [0.15, 0.2) is 0 Å². The average Bonchev–Trinajstić information content (AvgIpc) is 2.42. The number of hydrogen-bond acceptors (Lipinski definition) is 3. The summed E-state index contributed by atoms with van der Waals surface area (Å²) in [4.78, 5) is 22.6. The number of unbranched alkanes of at least 4 members (excludes halogenated alkanes) is 6. The van der Waals surface area contributed by atoms with Crippen LogP contribution in [0.4, 0.5) is 0 Å². The molecule has 0 aliphatic heterocycles. The first-order chi connectivity index (χ1) is 9.52. The second-order valence-electron chi connectivity index (χ2n) is 5.23. The van der Waals surface area contributed by atoms with Gasteiger partial charge < -0.3 is 15.5 Å². The van der Waals surface area contributed by atoms with Crippen LogP contribution in [0.25, 0.3) is 0 Å². The molecule has 0 aliphatic carbocycles. The molecule has 118 valence electrons. The van der Waals surface area contributed by atoms with Crippen LogP contribution in [0.2, 0.25) is 0 Å². The van der Waals surface area contributed by atoms with Crippen molar-refractivity contribution in [1.29, 1.82) is 0 Å². The van der Waals surface area contributed by atoms with Gasteiger partial charge in [0.05, 0.1) is 6.10 Å². The lowest BCUT2D eigenvalue weighted by molar-refractivity contribution is -0.145. The molecule has 0 spiro atoms. The zero-order valence-electron chi connectivity index (χ0n) is 12.7. The van der Waals surface area contributed by atoms with E-state index in [-0.39, 0.29) is 5.91 Å². The topological polar surface area (TPSA) is 86.6 Å². The van der Waals surface area contributed by atoms with Gasteiger partial charge in [0, 0.05) is 6.42 Å². The molecular formula is C15H29NO4. The van der Waals surface area contributed by atoms with E-state index in [2.05, 4.69) is 12.2 Å². The molecule has 0 aromatic rings. The number of nitrogens with one attached hydrogen (secondary N) is 1. The lowest BCUT2D eigenvalue weighted by Crippen LogP contribution is -2.48. The third-order valence-electron chi connectivity index (χ3n) is 3.39. The second-order valence-corrected chi connectivity index (χ2v) is 5.23. The summed E-state index contributed by atoms with van der Waals surface area (Å²) in [5.74, 6) is -1.48. The number of carbonyl (C=O) groups excluding carboxylic acids is 1. The zero-order valence-corrected chi connectivity index (χ0v) is 12.7. The van der Waals surface area contributed by atoms with Crippen LogP contribution in [-0.4, -0.2) is 34.2 Å². The Morgan fingerprint density at radius 1 is 1.00 bits per heavy atom. The van der Waals surface area contributed by atoms with Crippen LogP contribution in [0.1, 0.15) is 71.6 Å². The van der Waals surface area contributed by atoms with Crippen molar-refractivity contribution in [2.24, 2.45) is 0 Å². The van der Waals surface area contributed by atoms with Crippen molar-refractivity contribution in [2.45, 2.75) is 83.8 Å². The lowest BCUT2D eigenvalue weighted by Gasteiger charge is -2.19. The van der Waals surface area contributed by atoms with E-state index >= 15 is 0 Å². The Balaban J connectivity index is 3.78. The molecule has 0 aromatic heterocycles. The molecule has 1 amide bonds. The molecule has 2 atom stereocenters. The van der Waals surface area contributed by atoms with Gasteiger partial charge in [-0.1, -0.05) is 52.4 Å². The van der Waals surface area contributed by atoms with Gasteiger partial charge in [-0.05, 0) is 12.8 Å². The Morgan fingerprint density at radius 2 is 1.55 bits per heavy atom. The van der Waals surface area contributed by atoms with Crippen molar-refractivity contribution in [1.82, 2.24) is 5.32 Å². The van der Waals surface area contributed by atoms with Gasteiger partial charge in [0.1, 0.15) is 0 Å². The number of carboxylic acid groups (broad SMARTS) is 1. The Labute approximate surface area is 121 Å². The summed E-state index contributed by atoms with van der Waals surface area (Å²) in [5, 5.41) is 20.9. The monoisotopic (exact) mass is 287 g/mol. The molecule has 5 heteroatoms. The molecular weight excluding hydrogens is 258 g/mol. The molecule has 2 unspecified atom stereocenters. The summed E-state index contributed by atoms with van der Waals surface area (Å²) < 4.78 is 0. The van der Waals surface area contributed by atoms with Crippen LogP contribution >= 0.6 is 0 Å². The SMILES string of the molecule is CCCCCCCCCC(=O)NC(C(=O)O)C(O)CC. The largest absolute Gasteiger partial charge is 0.480 e. The van der Waals surface area contributed by atoms with Crippen LogP contribution in [0, 0.1) is 0 Å². The minimum absolute atomic E-state index is 0.293. The van der Waals surface area contributed by atoms with Gasteiger partial charge >= 0.3 is 5.97 Å². The third-order valence-corrected chi connectivity index (χ3v) is 3.39. The number of aliphatic carboxylic acids is 1. The van der Waals surface area contributed by atoms with Crippen LogP contribution in [0.5, 0.6) is 0 Å². The van der Waals surface area contributed by atoms with E-state index in [0.717, 1.165) is 19.3 Å². The molecule has 0 bridgehead atoms. The molecule has 0 saturated carbocycles. The van der Waals surface area contributed by atoms with Crippen molar-refractivity contribution < 1.29 is 19.8 Å². The Hall–Kier alpha value is -1.10. The maximum atomic E-state index is 11.6. The molecule has 0 rings (SSSR count). The normalized spacial score (nSPS) is 13.8. The number of rotatable bonds is 12. The maximum absolute atomic E-state index is 11.6. The van der Waals surface area contributed by atoms with E-state index in [1.165, 1.54) is 25.7 Å². The standard InChI is InChI=1S/C15H29NO4/c1-3-5-6-7-8-9-10-11-13(18)16-14(15(19)20)12(17)4-2/h12,14,17H,3-11H2,1-2H3,(H,16,18)(H,19,20). The number of carbonyl (C=O) groups is 2. The van der Waals surface area contributed by atoms with Gasteiger partial charge in [-0.3, -0.25) is 4.79 Å². The van der Waals surface area contributed by atoms with Crippen molar-refractivity contribution in [2.75, 3.05) is 0 Å². The van der Waals surface area contributed by atoms with E-state index in [0.29, 0.717) is 12.8 Å². The van der Waals surface area contributed by atoms with Crippen molar-refractivity contribution in [3.63, 3.8) is 0 Å². The highest BCUT2D eigenvalue weighted by Crippen LogP contribution is 2.08. The van der Waals surface area contributed by atoms with Gasteiger partial charge in [-0.15, -0.1) is 0 Å². The van der Waals surface area contributed by atoms with Gasteiger partial charge in [-0.25, -0.2) is 4.79 Å². The smallest absolute Gasteiger partial charge is 0.328 e. The predicted molar refractivity (Wildman–Crippen MR) is 78.5 cm³/mol. The zero-order chi connectivity index (χ0) is 15.4. The molecule has 3 N–H and O–H groups in total. The molecule has 20 heavy (non-hydrogen) atoms. The van der Waals surface area contributed by atoms with Gasteiger partial charge in [-0.2, -0.15) is 0 Å². The molecule has 0 aromatic carbocycles. The summed E-state index contributed by atoms with van der Waals surface area (Å²) in [6.07, 6.45) is 7.39. The average molecular weight is 287 g/mol. The summed E-state index contributed by atoms with van der Waals surface area (Å²) in [7, 11) is 0. The minimum atomic E-state index is -1.20. The predicted octanol–water partition coefficient (Wildman–Crippen LogP) is 2.47. The first kappa shape index (κ1) is 18.9. The highest BCUT2D eigenvalue weighted by molar-refractivity contribution is 5.83. The molecule has 0 heterocycles. The summed E-state index contributed by atoms with van der Waals surface area (Å²) in [5.41, 5.74) is 0. The highest BCUT2D eigenvalue weighted by Gasteiger charge is 2.26. The number of amides is 1. The molecule has 0 saturated heterocycles. The third kappa shape index (κ3) is 8.91. The number of carboxylic acids is 1. The van der Waals surface area contributed by atoms with Crippen molar-refractivity contribution >= 4 is 11.9 Å².